The van der Waals surface area contributed by atoms with Gasteiger partial charge in [-0.2, -0.15) is 0 Å². The molecule has 5 heteroatoms. The van der Waals surface area contributed by atoms with Gasteiger partial charge in [-0.05, 0) is 42.3 Å². The normalized spacial score (nSPS) is 11.2. The SMILES string of the molecule is Cc1c(F)cccc1-c1ccc(CN(CCO)Cc2cccnc2)o1. The van der Waals surface area contributed by atoms with Crippen molar-refractivity contribution in [3.05, 3.63) is 77.6 Å². The second-order valence-corrected chi connectivity index (χ2v) is 5.97. The topological polar surface area (TPSA) is 49.5 Å². The number of halogens is 1. The van der Waals surface area contributed by atoms with Crippen LogP contribution >= 0.6 is 0 Å². The van der Waals surface area contributed by atoms with E-state index in [1.807, 2.05) is 36.5 Å². The average Bonchev–Trinajstić information content (AvgIpc) is 3.07. The smallest absolute Gasteiger partial charge is 0.134 e. The van der Waals surface area contributed by atoms with Crippen LogP contribution in [-0.4, -0.2) is 28.1 Å². The lowest BCUT2D eigenvalue weighted by Crippen LogP contribution is -2.25. The van der Waals surface area contributed by atoms with Crippen LogP contribution in [0.2, 0.25) is 0 Å². The number of pyridine rings is 1. The van der Waals surface area contributed by atoms with E-state index in [0.29, 0.717) is 31.0 Å². The lowest BCUT2D eigenvalue weighted by molar-refractivity contribution is 0.175. The third-order valence-corrected chi connectivity index (χ3v) is 4.12. The molecule has 0 unspecified atom stereocenters. The number of aliphatic hydroxyl groups is 1. The predicted octanol–water partition coefficient (Wildman–Crippen LogP) is 3.78. The Balaban J connectivity index is 1.75. The molecule has 0 radical (unpaired) electrons. The first-order valence-electron chi connectivity index (χ1n) is 8.23. The fourth-order valence-electron chi connectivity index (χ4n) is 2.81. The van der Waals surface area contributed by atoms with E-state index in [4.69, 9.17) is 4.42 Å². The number of furan rings is 1. The third kappa shape index (κ3) is 4.32. The van der Waals surface area contributed by atoms with E-state index in [-0.39, 0.29) is 12.4 Å². The summed E-state index contributed by atoms with van der Waals surface area (Å²) < 4.78 is 19.7. The molecule has 0 atom stereocenters. The van der Waals surface area contributed by atoms with E-state index >= 15 is 0 Å². The van der Waals surface area contributed by atoms with Crippen molar-refractivity contribution in [3.8, 4) is 11.3 Å². The molecule has 0 bridgehead atoms. The molecule has 130 valence electrons. The summed E-state index contributed by atoms with van der Waals surface area (Å²) in [6.07, 6.45) is 3.55. The highest BCUT2D eigenvalue weighted by Crippen LogP contribution is 2.27. The number of aromatic nitrogens is 1. The van der Waals surface area contributed by atoms with Crippen molar-refractivity contribution < 1.29 is 13.9 Å². The molecule has 1 N–H and O–H groups in total. The predicted molar refractivity (Wildman–Crippen MR) is 94.3 cm³/mol. The first-order chi connectivity index (χ1) is 12.2. The highest BCUT2D eigenvalue weighted by molar-refractivity contribution is 5.62. The second kappa shape index (κ2) is 8.05. The van der Waals surface area contributed by atoms with Crippen LogP contribution in [0.3, 0.4) is 0 Å². The van der Waals surface area contributed by atoms with Crippen LogP contribution < -0.4 is 0 Å². The second-order valence-electron chi connectivity index (χ2n) is 5.97. The Morgan fingerprint density at radius 3 is 2.76 bits per heavy atom. The Morgan fingerprint density at radius 2 is 2.00 bits per heavy atom. The molecule has 0 saturated carbocycles. The molecule has 0 spiro atoms. The Morgan fingerprint density at radius 1 is 1.12 bits per heavy atom. The van der Waals surface area contributed by atoms with Crippen LogP contribution in [0, 0.1) is 12.7 Å². The number of benzene rings is 1. The van der Waals surface area contributed by atoms with E-state index in [1.54, 1.807) is 19.2 Å². The minimum absolute atomic E-state index is 0.0663. The summed E-state index contributed by atoms with van der Waals surface area (Å²) in [6.45, 7) is 3.57. The first kappa shape index (κ1) is 17.3. The zero-order valence-electron chi connectivity index (χ0n) is 14.2. The maximum atomic E-state index is 13.7. The zero-order valence-corrected chi connectivity index (χ0v) is 14.2. The van der Waals surface area contributed by atoms with Crippen LogP contribution in [-0.2, 0) is 13.1 Å². The van der Waals surface area contributed by atoms with E-state index in [1.165, 1.54) is 6.07 Å². The molecule has 2 heterocycles. The minimum Gasteiger partial charge on any atom is -0.460 e. The maximum Gasteiger partial charge on any atom is 0.134 e. The highest BCUT2D eigenvalue weighted by Gasteiger charge is 2.13. The van der Waals surface area contributed by atoms with Crippen molar-refractivity contribution in [1.29, 1.82) is 0 Å². The summed E-state index contributed by atoms with van der Waals surface area (Å²) >= 11 is 0. The fraction of sp³-hybridized carbons (Fsp3) is 0.250. The molecular weight excluding hydrogens is 319 g/mol. The van der Waals surface area contributed by atoms with Gasteiger partial charge in [0.2, 0.25) is 0 Å². The summed E-state index contributed by atoms with van der Waals surface area (Å²) in [5.41, 5.74) is 2.40. The average molecular weight is 340 g/mol. The van der Waals surface area contributed by atoms with E-state index in [0.717, 1.165) is 16.9 Å². The fourth-order valence-corrected chi connectivity index (χ4v) is 2.81. The van der Waals surface area contributed by atoms with Gasteiger partial charge in [0.1, 0.15) is 17.3 Å². The van der Waals surface area contributed by atoms with Gasteiger partial charge in [-0.15, -0.1) is 0 Å². The molecule has 4 nitrogen and oxygen atoms in total. The molecule has 3 aromatic rings. The molecule has 2 aromatic heterocycles. The molecule has 1 aromatic carbocycles. The number of hydrogen-bond donors (Lipinski definition) is 1. The van der Waals surface area contributed by atoms with Crippen LogP contribution in [0.1, 0.15) is 16.9 Å². The number of aliphatic hydroxyl groups excluding tert-OH is 1. The van der Waals surface area contributed by atoms with Crippen LogP contribution in [0.25, 0.3) is 11.3 Å². The van der Waals surface area contributed by atoms with E-state index in [2.05, 4.69) is 9.88 Å². The van der Waals surface area contributed by atoms with Gasteiger partial charge in [0.15, 0.2) is 0 Å². The van der Waals surface area contributed by atoms with Gasteiger partial charge in [0, 0.05) is 31.0 Å². The van der Waals surface area contributed by atoms with Gasteiger partial charge in [-0.1, -0.05) is 18.2 Å². The zero-order chi connectivity index (χ0) is 17.6. The Hall–Kier alpha value is -2.50. The monoisotopic (exact) mass is 340 g/mol. The van der Waals surface area contributed by atoms with Crippen molar-refractivity contribution in [2.24, 2.45) is 0 Å². The first-order valence-corrected chi connectivity index (χ1v) is 8.23. The molecule has 0 amide bonds. The summed E-state index contributed by atoms with van der Waals surface area (Å²) in [5.74, 6) is 1.18. The van der Waals surface area contributed by atoms with Crippen molar-refractivity contribution in [1.82, 2.24) is 9.88 Å². The highest BCUT2D eigenvalue weighted by atomic mass is 19.1. The van der Waals surface area contributed by atoms with Gasteiger partial charge >= 0.3 is 0 Å². The Labute approximate surface area is 146 Å². The molecule has 0 aliphatic rings. The van der Waals surface area contributed by atoms with Gasteiger partial charge in [-0.25, -0.2) is 4.39 Å². The molecule has 3 rings (SSSR count). The summed E-state index contributed by atoms with van der Waals surface area (Å²) in [5, 5.41) is 9.31. The van der Waals surface area contributed by atoms with E-state index < -0.39 is 0 Å². The Bertz CT molecular complexity index is 818. The van der Waals surface area contributed by atoms with Crippen molar-refractivity contribution >= 4 is 0 Å². The quantitative estimate of drug-likeness (QED) is 0.711. The standard InChI is InChI=1S/C20H21FN2O2/c1-15-18(5-2-6-19(15)21)20-8-7-17(25-20)14-23(10-11-24)13-16-4-3-9-22-12-16/h2-9,12,24H,10-11,13-14H2,1H3. The maximum absolute atomic E-state index is 13.7. The number of hydrogen-bond acceptors (Lipinski definition) is 4. The van der Waals surface area contributed by atoms with E-state index in [9.17, 15) is 9.50 Å². The summed E-state index contributed by atoms with van der Waals surface area (Å²) in [4.78, 5) is 6.20. The van der Waals surface area contributed by atoms with Crippen LogP contribution in [0.5, 0.6) is 0 Å². The van der Waals surface area contributed by atoms with Crippen molar-refractivity contribution in [2.45, 2.75) is 20.0 Å². The Kier molecular flexibility index (Phi) is 5.58. The third-order valence-electron chi connectivity index (χ3n) is 4.12. The van der Waals surface area contributed by atoms with Crippen molar-refractivity contribution in [2.75, 3.05) is 13.2 Å². The molecule has 0 aliphatic heterocycles. The summed E-state index contributed by atoms with van der Waals surface area (Å²) in [7, 11) is 0. The number of rotatable bonds is 7. The summed E-state index contributed by atoms with van der Waals surface area (Å²) in [6, 6.07) is 12.6. The molecule has 0 fully saturated rings. The van der Waals surface area contributed by atoms with Gasteiger partial charge < -0.3 is 9.52 Å². The molecule has 25 heavy (non-hydrogen) atoms. The largest absolute Gasteiger partial charge is 0.460 e. The van der Waals surface area contributed by atoms with Gasteiger partial charge in [0.05, 0.1) is 13.2 Å². The number of nitrogens with zero attached hydrogens (tertiary/aromatic N) is 2. The lowest BCUT2D eigenvalue weighted by Gasteiger charge is -2.19. The molecule has 0 saturated heterocycles. The van der Waals surface area contributed by atoms with Crippen LogP contribution in [0.4, 0.5) is 4.39 Å². The van der Waals surface area contributed by atoms with Gasteiger partial charge in [0.25, 0.3) is 0 Å². The van der Waals surface area contributed by atoms with Crippen molar-refractivity contribution in [3.63, 3.8) is 0 Å². The van der Waals surface area contributed by atoms with Gasteiger partial charge in [-0.3, -0.25) is 9.88 Å². The molecular formula is C20H21FN2O2. The molecule has 0 aliphatic carbocycles. The lowest BCUT2D eigenvalue weighted by atomic mass is 10.1. The minimum atomic E-state index is -0.242. The van der Waals surface area contributed by atoms with Crippen LogP contribution in [0.15, 0.2) is 59.3 Å².